The van der Waals surface area contributed by atoms with E-state index >= 15 is 0 Å². The van der Waals surface area contributed by atoms with Crippen LogP contribution >= 0.6 is 9.19 Å². The molecule has 6 heteroatoms. The van der Waals surface area contributed by atoms with Crippen molar-refractivity contribution in [3.63, 3.8) is 0 Å². The van der Waals surface area contributed by atoms with E-state index in [0.29, 0.717) is 0 Å². The van der Waals surface area contributed by atoms with Crippen LogP contribution in [-0.2, 0) is 20.0 Å². The average Bonchev–Trinajstić information content (AvgIpc) is 3.44. The summed E-state index contributed by atoms with van der Waals surface area (Å²) in [5.74, 6) is 1.04. The third kappa shape index (κ3) is 4.16. The number of fused-ring (bicyclic) bond motifs is 2. The van der Waals surface area contributed by atoms with E-state index in [0.717, 1.165) is 24.6 Å². The Morgan fingerprint density at radius 3 is 2.07 bits per heavy atom. The van der Waals surface area contributed by atoms with E-state index in [1.165, 1.54) is 48.3 Å². The van der Waals surface area contributed by atoms with Crippen LogP contribution in [0.2, 0.25) is 0 Å². The van der Waals surface area contributed by atoms with Crippen LogP contribution < -0.4 is 14.7 Å². The molecule has 1 aromatic carbocycles. The summed E-state index contributed by atoms with van der Waals surface area (Å²) in [4.78, 5) is 7.05. The second-order valence-electron chi connectivity index (χ2n) is 7.21. The van der Waals surface area contributed by atoms with E-state index in [9.17, 15) is 0 Å². The Kier molecular flexibility index (Phi) is 7.58. The van der Waals surface area contributed by atoms with Crippen LogP contribution in [0.15, 0.2) is 47.8 Å². The van der Waals surface area contributed by atoms with Crippen LogP contribution in [0.3, 0.4) is 0 Å². The monoisotopic (exact) mass is 580 g/mol. The second kappa shape index (κ2) is 9.93. The third-order valence-corrected chi connectivity index (χ3v) is 5.30. The number of benzene rings is 1. The summed E-state index contributed by atoms with van der Waals surface area (Å²) in [6, 6.07) is 4.59. The number of unbranched alkanes of at least 4 members (excludes halogenated alkanes) is 2. The first-order chi connectivity index (χ1) is 13.7. The van der Waals surface area contributed by atoms with Gasteiger partial charge in [-0.25, -0.2) is 0 Å². The first kappa shape index (κ1) is 21.4. The Morgan fingerprint density at radius 1 is 0.929 bits per heavy atom. The molecule has 0 N–H and O–H groups in total. The summed E-state index contributed by atoms with van der Waals surface area (Å²) in [7, 11) is 6.70. The number of allylic oxidation sites excluding steroid dienone is 5. The Hall–Kier alpha value is -1.33. The fourth-order valence-electron chi connectivity index (χ4n) is 3.76. The molecule has 0 fully saturated rings. The predicted octanol–water partition coefficient (Wildman–Crippen LogP) is 6.51. The molecule has 2 heterocycles. The maximum atomic E-state index is 4.94. The predicted molar refractivity (Wildman–Crippen MR) is 118 cm³/mol. The average molecular weight is 581 g/mol. The van der Waals surface area contributed by atoms with Gasteiger partial charge in [-0.1, -0.05) is 63.9 Å². The van der Waals surface area contributed by atoms with Crippen LogP contribution in [0.4, 0.5) is 22.7 Å². The molecule has 0 amide bonds. The van der Waals surface area contributed by atoms with Crippen LogP contribution in [0.25, 0.3) is 5.32 Å². The van der Waals surface area contributed by atoms with Crippen molar-refractivity contribution in [1.29, 1.82) is 0 Å². The molecule has 4 nitrogen and oxygen atoms in total. The molecule has 0 atom stereocenters. The summed E-state index contributed by atoms with van der Waals surface area (Å²) in [5.41, 5.74) is 6.08. The number of rotatable bonds is 6. The molecule has 3 aliphatic rings. The van der Waals surface area contributed by atoms with Crippen molar-refractivity contribution in [2.45, 2.75) is 39.5 Å². The molecule has 4 rings (SSSR count). The molecule has 0 unspecified atom stereocenters. The van der Waals surface area contributed by atoms with Gasteiger partial charge in [-0.05, 0) is 55.0 Å². The first-order valence-corrected chi connectivity index (χ1v) is 12.6. The van der Waals surface area contributed by atoms with Crippen LogP contribution in [-0.4, -0.2) is 20.1 Å². The van der Waals surface area contributed by atoms with Crippen LogP contribution in [0.5, 0.6) is 0 Å². The minimum atomic E-state index is 1.04. The van der Waals surface area contributed by atoms with Gasteiger partial charge in [0.05, 0.1) is 0 Å². The van der Waals surface area contributed by atoms with E-state index in [2.05, 4.69) is 87.9 Å². The van der Waals surface area contributed by atoms with Crippen molar-refractivity contribution in [3.05, 3.63) is 59.8 Å². The zero-order chi connectivity index (χ0) is 20.1. The van der Waals surface area contributed by atoms with Gasteiger partial charge in [0.15, 0.2) is 0 Å². The van der Waals surface area contributed by atoms with E-state index in [-0.39, 0.29) is 0 Å². The van der Waals surface area contributed by atoms with Gasteiger partial charge in [-0.3, -0.25) is 0 Å². The molecule has 0 radical (unpaired) electrons. The van der Waals surface area contributed by atoms with E-state index in [1.54, 1.807) is 20.0 Å². The Balaban J connectivity index is 0.00000109. The molecule has 0 saturated heterocycles. The SMILES string of the molecule is CCCCN1[CH-]N(CCCC)c2cc3c(cc21)[N-]C(=C1C=CC=C1)N3C.[Cl][Au]. The normalized spacial score (nSPS) is 16.4. The first-order valence-electron chi connectivity index (χ1n) is 9.95. The molecule has 0 saturated carbocycles. The molecule has 0 spiro atoms. The Morgan fingerprint density at radius 2 is 1.50 bits per heavy atom. The quantitative estimate of drug-likeness (QED) is 0.283. The molecular weight excluding hydrogens is 553 g/mol. The minimum absolute atomic E-state index is 1.04. The van der Waals surface area contributed by atoms with E-state index in [4.69, 9.17) is 5.32 Å². The van der Waals surface area contributed by atoms with Gasteiger partial charge >= 0.3 is 29.2 Å². The fraction of sp³-hybridized carbons (Fsp3) is 0.409. The molecular formula is C22H28AuClN4-2. The number of nitrogens with zero attached hydrogens (tertiary/aromatic N) is 4. The number of hydrogen-bond acceptors (Lipinski definition) is 3. The zero-order valence-electron chi connectivity index (χ0n) is 16.8. The summed E-state index contributed by atoms with van der Waals surface area (Å²) >= 11 is 1.75. The number of hydrogen-bond donors (Lipinski definition) is 0. The van der Waals surface area contributed by atoms with Gasteiger partial charge in [-0.15, -0.1) is 0 Å². The summed E-state index contributed by atoms with van der Waals surface area (Å²) in [6.07, 6.45) is 13.2. The fourth-order valence-corrected chi connectivity index (χ4v) is 3.76. The van der Waals surface area contributed by atoms with Crippen molar-refractivity contribution >= 4 is 31.9 Å². The van der Waals surface area contributed by atoms with Crippen molar-refractivity contribution in [2.24, 2.45) is 0 Å². The van der Waals surface area contributed by atoms with Gasteiger partial charge in [0.2, 0.25) is 0 Å². The van der Waals surface area contributed by atoms with Crippen molar-refractivity contribution < 1.29 is 20.0 Å². The number of anilines is 3. The van der Waals surface area contributed by atoms with Crippen LogP contribution in [0, 0.1) is 6.67 Å². The van der Waals surface area contributed by atoms with Crippen molar-refractivity contribution in [3.8, 4) is 0 Å². The molecule has 28 heavy (non-hydrogen) atoms. The van der Waals surface area contributed by atoms with Gasteiger partial charge in [-0.2, -0.15) is 6.67 Å². The maximum absolute atomic E-state index is 4.94. The molecule has 0 aromatic heterocycles. The molecule has 2 aliphatic heterocycles. The van der Waals surface area contributed by atoms with Gasteiger partial charge in [0.25, 0.3) is 0 Å². The Labute approximate surface area is 185 Å². The van der Waals surface area contributed by atoms with Crippen LogP contribution in [0.1, 0.15) is 39.5 Å². The van der Waals surface area contributed by atoms with E-state index in [1.807, 2.05) is 0 Å². The zero-order valence-corrected chi connectivity index (χ0v) is 19.7. The van der Waals surface area contributed by atoms with Gasteiger partial charge in [0, 0.05) is 11.4 Å². The van der Waals surface area contributed by atoms with Crippen molar-refractivity contribution in [1.82, 2.24) is 0 Å². The topological polar surface area (TPSA) is 23.8 Å². The molecule has 0 bridgehead atoms. The van der Waals surface area contributed by atoms with Gasteiger partial charge in [0.1, 0.15) is 0 Å². The molecule has 156 valence electrons. The second-order valence-corrected chi connectivity index (χ2v) is 7.21. The summed E-state index contributed by atoms with van der Waals surface area (Å²) in [5, 5.41) is 4.94. The summed E-state index contributed by atoms with van der Waals surface area (Å²) in [6.45, 7) is 8.94. The van der Waals surface area contributed by atoms with E-state index < -0.39 is 0 Å². The number of halogens is 1. The third-order valence-electron chi connectivity index (χ3n) is 5.30. The standard InChI is InChI=1S/C22H28N4.Au.ClH/c1-4-6-12-25-16-26(13-7-5-2)21-15-19-18(14-20(21)25)23-22(24(19)3)17-10-8-9-11-17;;/h8-11,14-16H,4-7,12-13H2,1-3H3;;1H/q-2;+1;/p-1. The molecule has 1 aliphatic carbocycles. The molecule has 1 aromatic rings. The summed E-state index contributed by atoms with van der Waals surface area (Å²) < 4.78 is 0. The Bertz CT molecular complexity index is 773. The van der Waals surface area contributed by atoms with Gasteiger partial charge < -0.3 is 20.0 Å². The van der Waals surface area contributed by atoms with Crippen molar-refractivity contribution in [2.75, 3.05) is 34.8 Å².